The molecule has 0 aliphatic heterocycles. The number of rotatable bonds is 2. The van der Waals surface area contributed by atoms with Gasteiger partial charge in [-0.2, -0.15) is 0 Å². The first kappa shape index (κ1) is 13.0. The van der Waals surface area contributed by atoms with Crippen LogP contribution in [0.4, 0.5) is 0 Å². The summed E-state index contributed by atoms with van der Waals surface area (Å²) in [6, 6.07) is 19.9. The van der Waals surface area contributed by atoms with Crippen LogP contribution in [-0.2, 0) is 0 Å². The Hall–Kier alpha value is -1.02. The van der Waals surface area contributed by atoms with Crippen LogP contribution in [0.3, 0.4) is 0 Å². The van der Waals surface area contributed by atoms with E-state index in [1.54, 1.807) is 0 Å². The van der Waals surface area contributed by atoms with Gasteiger partial charge in [0.1, 0.15) is 0 Å². The highest BCUT2D eigenvalue weighted by molar-refractivity contribution is 7.51. The third-order valence-corrected chi connectivity index (χ3v) is 8.52. The van der Waals surface area contributed by atoms with Gasteiger partial charge in [0.2, 0.25) is 0 Å². The smallest absolute Gasteiger partial charge is 0.140 e. The van der Waals surface area contributed by atoms with E-state index < -0.39 is 6.69 Å². The first-order valence-corrected chi connectivity index (χ1v) is 10.6. The van der Waals surface area contributed by atoms with Gasteiger partial charge in [0.25, 0.3) is 6.69 Å². The Morgan fingerprint density at radius 1 is 0.842 bits per heavy atom. The Kier molecular flexibility index (Phi) is 3.30. The van der Waals surface area contributed by atoms with Gasteiger partial charge >= 0.3 is 0 Å². The van der Waals surface area contributed by atoms with E-state index in [9.17, 15) is 0 Å². The molecule has 3 rings (SSSR count). The van der Waals surface area contributed by atoms with E-state index in [2.05, 4.69) is 61.5 Å². The zero-order valence-corrected chi connectivity index (χ0v) is 13.2. The molecular formula is C16H14Cl2Si. The zero-order valence-electron chi connectivity index (χ0n) is 10.7. The molecule has 0 heterocycles. The van der Waals surface area contributed by atoms with Gasteiger partial charge in [0, 0.05) is 0 Å². The van der Waals surface area contributed by atoms with E-state index in [0.717, 1.165) is 11.2 Å². The fraction of sp³-hybridized carbons (Fsp3) is 0.125. The molecule has 0 spiro atoms. The van der Waals surface area contributed by atoms with Crippen molar-refractivity contribution in [2.24, 2.45) is 0 Å². The summed E-state index contributed by atoms with van der Waals surface area (Å²) >= 11 is 13.2. The maximum atomic E-state index is 6.58. The van der Waals surface area contributed by atoms with Crippen molar-refractivity contribution in [3.63, 3.8) is 0 Å². The molecule has 0 bridgehead atoms. The lowest BCUT2D eigenvalue weighted by Crippen LogP contribution is -2.35. The Morgan fingerprint density at radius 3 is 2.16 bits per heavy atom. The van der Waals surface area contributed by atoms with Crippen molar-refractivity contribution in [1.82, 2.24) is 0 Å². The quantitative estimate of drug-likeness (QED) is 0.349. The van der Waals surface area contributed by atoms with Gasteiger partial charge in [0.15, 0.2) is 0 Å². The molecule has 0 saturated heterocycles. The highest BCUT2D eigenvalue weighted by atomic mass is 35.7. The lowest BCUT2D eigenvalue weighted by Gasteiger charge is -2.17. The summed E-state index contributed by atoms with van der Waals surface area (Å²) in [6.07, 6.45) is 0. The second-order valence-corrected chi connectivity index (χ2v) is 11.9. The summed E-state index contributed by atoms with van der Waals surface area (Å²) in [7, 11) is 0. The van der Waals surface area contributed by atoms with Gasteiger partial charge in [-0.1, -0.05) is 49.4 Å². The lowest BCUT2D eigenvalue weighted by atomic mass is 10.0. The lowest BCUT2D eigenvalue weighted by molar-refractivity contribution is 1.45. The molecule has 0 nitrogen and oxygen atoms in total. The average molecular weight is 305 g/mol. The Bertz CT molecular complexity index is 750. The van der Waals surface area contributed by atoms with E-state index in [1.807, 2.05) is 0 Å². The molecule has 0 N–H and O–H groups in total. The van der Waals surface area contributed by atoms with Crippen LogP contribution in [0.1, 0.15) is 6.92 Å². The van der Waals surface area contributed by atoms with Crippen LogP contribution in [-0.4, -0.2) is 6.69 Å². The molecule has 0 aromatic heterocycles. The molecule has 3 aromatic rings. The minimum absolute atomic E-state index is 0.821. The SMILES string of the molecule is CC[Si](Cl)(Cl)c1cccc2cc3ccccc3cc12. The summed E-state index contributed by atoms with van der Waals surface area (Å²) in [6.45, 7) is -0.299. The fourth-order valence-electron chi connectivity index (χ4n) is 2.48. The van der Waals surface area contributed by atoms with Crippen LogP contribution < -0.4 is 5.19 Å². The van der Waals surface area contributed by atoms with Crippen molar-refractivity contribution in [3.8, 4) is 0 Å². The van der Waals surface area contributed by atoms with Gasteiger partial charge in [0.05, 0.1) is 0 Å². The molecule has 0 atom stereocenters. The number of halogens is 2. The van der Waals surface area contributed by atoms with E-state index in [1.165, 1.54) is 21.5 Å². The monoisotopic (exact) mass is 304 g/mol. The second kappa shape index (κ2) is 4.82. The standard InChI is InChI=1S/C16H14Cl2Si/c1-2-19(17,18)16-9-5-8-14-10-12-6-3-4-7-13(12)11-15(14)16/h3-11H,2H2,1H3. The van der Waals surface area contributed by atoms with Crippen LogP contribution in [0.25, 0.3) is 21.5 Å². The van der Waals surface area contributed by atoms with E-state index >= 15 is 0 Å². The van der Waals surface area contributed by atoms with E-state index in [-0.39, 0.29) is 0 Å². The van der Waals surface area contributed by atoms with Gasteiger partial charge in [-0.05, 0) is 44.9 Å². The zero-order chi connectivity index (χ0) is 13.5. The maximum absolute atomic E-state index is 6.58. The number of benzene rings is 3. The largest absolute Gasteiger partial charge is 0.281 e. The van der Waals surface area contributed by atoms with Crippen LogP contribution in [0.5, 0.6) is 0 Å². The number of hydrogen-bond donors (Lipinski definition) is 0. The maximum Gasteiger partial charge on any atom is 0.281 e. The predicted octanol–water partition coefficient (Wildman–Crippen LogP) is 5.14. The van der Waals surface area contributed by atoms with Crippen molar-refractivity contribution in [2.75, 3.05) is 0 Å². The van der Waals surface area contributed by atoms with E-state index in [0.29, 0.717) is 0 Å². The molecule has 0 amide bonds. The van der Waals surface area contributed by atoms with Gasteiger partial charge in [-0.3, -0.25) is 0 Å². The molecule has 0 aliphatic rings. The molecular weight excluding hydrogens is 291 g/mol. The second-order valence-electron chi connectivity index (χ2n) is 4.78. The summed E-state index contributed by atoms with van der Waals surface area (Å²) in [5.41, 5.74) is 0. The number of hydrogen-bond acceptors (Lipinski definition) is 0. The Labute approximate surface area is 123 Å². The normalized spacial score (nSPS) is 12.2. The first-order valence-electron chi connectivity index (χ1n) is 6.41. The van der Waals surface area contributed by atoms with Crippen LogP contribution in [0.15, 0.2) is 54.6 Å². The third kappa shape index (κ3) is 2.27. The molecule has 3 aromatic carbocycles. The molecule has 0 fully saturated rings. The average Bonchev–Trinajstić information content (AvgIpc) is 2.44. The van der Waals surface area contributed by atoms with Crippen LogP contribution >= 0.6 is 22.2 Å². The number of fused-ring (bicyclic) bond motifs is 2. The minimum Gasteiger partial charge on any atom is -0.140 e. The van der Waals surface area contributed by atoms with Gasteiger partial charge in [-0.25, -0.2) is 0 Å². The molecule has 0 aliphatic carbocycles. The highest BCUT2D eigenvalue weighted by Gasteiger charge is 2.30. The molecule has 19 heavy (non-hydrogen) atoms. The van der Waals surface area contributed by atoms with Crippen LogP contribution in [0, 0.1) is 0 Å². The topological polar surface area (TPSA) is 0 Å². The Morgan fingerprint density at radius 2 is 1.47 bits per heavy atom. The van der Waals surface area contributed by atoms with Crippen molar-refractivity contribution in [2.45, 2.75) is 13.0 Å². The highest BCUT2D eigenvalue weighted by Crippen LogP contribution is 2.27. The van der Waals surface area contributed by atoms with Crippen molar-refractivity contribution in [1.29, 1.82) is 0 Å². The first-order chi connectivity index (χ1) is 9.12. The van der Waals surface area contributed by atoms with Crippen molar-refractivity contribution < 1.29 is 0 Å². The summed E-state index contributed by atoms with van der Waals surface area (Å²) in [4.78, 5) is 0. The summed E-state index contributed by atoms with van der Waals surface area (Å²) in [5, 5.41) is 6.01. The van der Waals surface area contributed by atoms with Crippen molar-refractivity contribution >= 4 is 55.6 Å². The summed E-state index contributed by atoms with van der Waals surface area (Å²) in [5.74, 6) is 0. The predicted molar refractivity (Wildman–Crippen MR) is 89.0 cm³/mol. The van der Waals surface area contributed by atoms with Gasteiger partial charge in [-0.15, -0.1) is 22.2 Å². The van der Waals surface area contributed by atoms with Crippen molar-refractivity contribution in [3.05, 3.63) is 54.6 Å². The summed E-state index contributed by atoms with van der Waals surface area (Å²) < 4.78 is 0. The molecule has 0 radical (unpaired) electrons. The molecule has 3 heteroatoms. The van der Waals surface area contributed by atoms with Gasteiger partial charge < -0.3 is 0 Å². The third-order valence-electron chi connectivity index (χ3n) is 3.58. The molecule has 96 valence electrons. The van der Waals surface area contributed by atoms with Crippen LogP contribution in [0.2, 0.25) is 6.04 Å². The fourth-order valence-corrected chi connectivity index (χ4v) is 4.80. The Balaban J connectivity index is 2.38. The molecule has 0 unspecified atom stereocenters. The van der Waals surface area contributed by atoms with E-state index in [4.69, 9.17) is 22.2 Å². The molecule has 0 saturated carbocycles. The minimum atomic E-state index is -2.36.